The van der Waals surface area contributed by atoms with Gasteiger partial charge in [0.05, 0.1) is 6.54 Å². The van der Waals surface area contributed by atoms with E-state index in [2.05, 4.69) is 4.72 Å². The summed E-state index contributed by atoms with van der Waals surface area (Å²) >= 11 is 0. The number of hydrogen-bond donors (Lipinski definition) is 2. The van der Waals surface area contributed by atoms with Gasteiger partial charge in [-0.25, -0.2) is 8.42 Å². The van der Waals surface area contributed by atoms with Crippen molar-refractivity contribution in [2.75, 3.05) is 4.72 Å². The topological polar surface area (TPSA) is 85.3 Å². The Morgan fingerprint density at radius 3 is 2.20 bits per heavy atom. The molecule has 0 saturated carbocycles. The molecular weight excluding hydrogens is 276 g/mol. The third-order valence-corrected chi connectivity index (χ3v) is 4.38. The van der Waals surface area contributed by atoms with Crippen LogP contribution in [0.3, 0.4) is 0 Å². The van der Waals surface area contributed by atoms with Crippen LogP contribution < -0.4 is 10.5 Å². The lowest BCUT2D eigenvalue weighted by Crippen LogP contribution is -2.13. The number of rotatable bonds is 4. The molecule has 2 rings (SSSR count). The van der Waals surface area contributed by atoms with Crippen molar-refractivity contribution in [1.82, 2.24) is 0 Å². The molecule has 0 spiro atoms. The third-order valence-electron chi connectivity index (χ3n) is 2.89. The molecule has 0 aliphatic carbocycles. The Labute approximate surface area is 118 Å². The van der Waals surface area contributed by atoms with E-state index in [1.807, 2.05) is 19.9 Å². The van der Waals surface area contributed by atoms with Crippen molar-refractivity contribution in [3.63, 3.8) is 0 Å². The van der Waals surface area contributed by atoms with Crippen LogP contribution in [0.15, 0.2) is 33.6 Å². The van der Waals surface area contributed by atoms with Gasteiger partial charge < -0.3 is 10.2 Å². The summed E-state index contributed by atoms with van der Waals surface area (Å²) in [6, 6.07) is 7.00. The molecule has 1 aromatic carbocycles. The fourth-order valence-corrected chi connectivity index (χ4v) is 3.38. The van der Waals surface area contributed by atoms with Crippen LogP contribution >= 0.6 is 0 Å². The number of hydrogen-bond acceptors (Lipinski definition) is 4. The summed E-state index contributed by atoms with van der Waals surface area (Å²) < 4.78 is 32.6. The summed E-state index contributed by atoms with van der Waals surface area (Å²) in [6.45, 7) is 5.61. The summed E-state index contributed by atoms with van der Waals surface area (Å²) in [5.41, 5.74) is 7.99. The Balaban J connectivity index is 2.37. The fourth-order valence-electron chi connectivity index (χ4n) is 2.14. The Bertz CT molecular complexity index is 713. The molecule has 0 aliphatic heterocycles. The van der Waals surface area contributed by atoms with Gasteiger partial charge in [0, 0.05) is 11.8 Å². The first-order valence-electron chi connectivity index (χ1n) is 6.22. The van der Waals surface area contributed by atoms with Crippen molar-refractivity contribution >= 4 is 15.7 Å². The molecule has 0 bridgehead atoms. The predicted octanol–water partition coefficient (Wildman–Crippen LogP) is 2.46. The standard InChI is InChI=1S/C14H18N2O3S/c1-9-4-10(2)6-12(5-9)16-20(17,18)14-7-13(8-15)19-11(14)3/h4-7,16H,8,15H2,1-3H3. The summed E-state index contributed by atoms with van der Waals surface area (Å²) in [7, 11) is -3.67. The quantitative estimate of drug-likeness (QED) is 0.907. The molecule has 0 saturated heterocycles. The molecule has 1 heterocycles. The van der Waals surface area contributed by atoms with Crippen LogP contribution in [-0.2, 0) is 16.6 Å². The highest BCUT2D eigenvalue weighted by atomic mass is 32.2. The van der Waals surface area contributed by atoms with Gasteiger partial charge in [-0.15, -0.1) is 0 Å². The van der Waals surface area contributed by atoms with Gasteiger partial charge in [-0.3, -0.25) is 4.72 Å². The highest BCUT2D eigenvalue weighted by Gasteiger charge is 2.21. The van der Waals surface area contributed by atoms with Crippen LogP contribution in [0.1, 0.15) is 22.6 Å². The third kappa shape index (κ3) is 3.02. The normalized spacial score (nSPS) is 11.6. The van der Waals surface area contributed by atoms with Gasteiger partial charge in [-0.1, -0.05) is 6.07 Å². The molecule has 3 N–H and O–H groups in total. The van der Waals surface area contributed by atoms with E-state index in [0.29, 0.717) is 17.2 Å². The monoisotopic (exact) mass is 294 g/mol. The van der Waals surface area contributed by atoms with Crippen LogP contribution in [0.2, 0.25) is 0 Å². The maximum absolute atomic E-state index is 12.4. The van der Waals surface area contributed by atoms with E-state index in [0.717, 1.165) is 11.1 Å². The zero-order valence-electron chi connectivity index (χ0n) is 11.7. The van der Waals surface area contributed by atoms with E-state index in [1.54, 1.807) is 19.1 Å². The lowest BCUT2D eigenvalue weighted by Gasteiger charge is -2.09. The van der Waals surface area contributed by atoms with E-state index < -0.39 is 10.0 Å². The molecular formula is C14H18N2O3S. The summed E-state index contributed by atoms with van der Waals surface area (Å²) in [6.07, 6.45) is 0. The molecule has 2 aromatic rings. The average Bonchev–Trinajstić information content (AvgIpc) is 2.69. The van der Waals surface area contributed by atoms with Crippen LogP contribution in [0.25, 0.3) is 0 Å². The largest absolute Gasteiger partial charge is 0.464 e. The smallest absolute Gasteiger partial charge is 0.265 e. The second kappa shape index (κ2) is 5.30. The zero-order chi connectivity index (χ0) is 14.9. The number of aryl methyl sites for hydroxylation is 3. The average molecular weight is 294 g/mol. The molecule has 0 fully saturated rings. The Kier molecular flexibility index (Phi) is 3.87. The Morgan fingerprint density at radius 1 is 1.10 bits per heavy atom. The second-order valence-electron chi connectivity index (χ2n) is 4.82. The lowest BCUT2D eigenvalue weighted by molar-refractivity contribution is 0.479. The molecule has 6 heteroatoms. The summed E-state index contributed by atoms with van der Waals surface area (Å²) in [5, 5.41) is 0. The van der Waals surface area contributed by atoms with Crippen LogP contribution in [0.4, 0.5) is 5.69 Å². The van der Waals surface area contributed by atoms with Gasteiger partial charge in [0.2, 0.25) is 0 Å². The highest BCUT2D eigenvalue weighted by Crippen LogP contribution is 2.23. The van der Waals surface area contributed by atoms with Crippen molar-refractivity contribution in [3.05, 3.63) is 46.9 Å². The summed E-state index contributed by atoms with van der Waals surface area (Å²) in [5.74, 6) is 0.783. The maximum atomic E-state index is 12.4. The van der Waals surface area contributed by atoms with E-state index in [4.69, 9.17) is 10.2 Å². The Morgan fingerprint density at radius 2 is 1.70 bits per heavy atom. The summed E-state index contributed by atoms with van der Waals surface area (Å²) in [4.78, 5) is 0.122. The second-order valence-corrected chi connectivity index (χ2v) is 6.47. The number of nitrogens with one attached hydrogen (secondary N) is 1. The van der Waals surface area contributed by atoms with E-state index in [9.17, 15) is 8.42 Å². The van der Waals surface area contributed by atoms with Crippen LogP contribution in [0, 0.1) is 20.8 Å². The van der Waals surface area contributed by atoms with Crippen LogP contribution in [-0.4, -0.2) is 8.42 Å². The van der Waals surface area contributed by atoms with E-state index in [-0.39, 0.29) is 11.4 Å². The van der Waals surface area contributed by atoms with Crippen molar-refractivity contribution in [2.45, 2.75) is 32.2 Å². The molecule has 108 valence electrons. The number of benzene rings is 1. The van der Waals surface area contributed by atoms with Crippen LogP contribution in [0.5, 0.6) is 0 Å². The number of anilines is 1. The van der Waals surface area contributed by atoms with Crippen molar-refractivity contribution in [2.24, 2.45) is 5.73 Å². The molecule has 0 radical (unpaired) electrons. The Hall–Kier alpha value is -1.79. The molecule has 0 atom stereocenters. The molecule has 20 heavy (non-hydrogen) atoms. The van der Waals surface area contributed by atoms with Gasteiger partial charge in [-0.2, -0.15) is 0 Å². The minimum atomic E-state index is -3.67. The van der Waals surface area contributed by atoms with Crippen molar-refractivity contribution < 1.29 is 12.8 Å². The van der Waals surface area contributed by atoms with Gasteiger partial charge in [0.25, 0.3) is 10.0 Å². The minimum Gasteiger partial charge on any atom is -0.464 e. The SMILES string of the molecule is Cc1cc(C)cc(NS(=O)(=O)c2cc(CN)oc2C)c1. The van der Waals surface area contributed by atoms with Gasteiger partial charge in [0.1, 0.15) is 16.4 Å². The van der Waals surface area contributed by atoms with Gasteiger partial charge in [0.15, 0.2) is 0 Å². The minimum absolute atomic E-state index is 0.122. The molecule has 5 nitrogen and oxygen atoms in total. The molecule has 0 aliphatic rings. The number of furan rings is 1. The van der Waals surface area contributed by atoms with E-state index >= 15 is 0 Å². The van der Waals surface area contributed by atoms with E-state index in [1.165, 1.54) is 6.07 Å². The first kappa shape index (κ1) is 14.6. The van der Waals surface area contributed by atoms with Crippen molar-refractivity contribution in [3.8, 4) is 0 Å². The predicted molar refractivity (Wildman–Crippen MR) is 78.1 cm³/mol. The highest BCUT2D eigenvalue weighted by molar-refractivity contribution is 7.92. The van der Waals surface area contributed by atoms with Gasteiger partial charge >= 0.3 is 0 Å². The lowest BCUT2D eigenvalue weighted by atomic mass is 10.1. The first-order valence-corrected chi connectivity index (χ1v) is 7.70. The molecule has 0 unspecified atom stereocenters. The fraction of sp³-hybridized carbons (Fsp3) is 0.286. The molecule has 1 aromatic heterocycles. The van der Waals surface area contributed by atoms with Gasteiger partial charge in [-0.05, 0) is 44.0 Å². The zero-order valence-corrected chi connectivity index (χ0v) is 12.5. The van der Waals surface area contributed by atoms with Crippen molar-refractivity contribution in [1.29, 1.82) is 0 Å². The number of nitrogens with two attached hydrogens (primary N) is 1. The maximum Gasteiger partial charge on any atom is 0.265 e. The number of sulfonamides is 1. The first-order chi connectivity index (χ1) is 9.31. The molecule has 0 amide bonds.